The van der Waals surface area contributed by atoms with Crippen molar-refractivity contribution in [2.45, 2.75) is 26.2 Å². The number of amides is 1. The Morgan fingerprint density at radius 2 is 2.18 bits per heavy atom. The van der Waals surface area contributed by atoms with Gasteiger partial charge in [0.2, 0.25) is 5.91 Å². The fraction of sp³-hybridized carbons (Fsp3) is 0.818. The van der Waals surface area contributed by atoms with E-state index in [1.165, 1.54) is 0 Å². The van der Waals surface area contributed by atoms with Gasteiger partial charge in [-0.05, 0) is 25.2 Å². The van der Waals surface area contributed by atoms with Crippen molar-refractivity contribution in [1.29, 1.82) is 0 Å². The molecule has 0 heterocycles. The van der Waals surface area contributed by atoms with Gasteiger partial charge in [0.1, 0.15) is 5.41 Å². The van der Waals surface area contributed by atoms with Crippen LogP contribution in [0.25, 0.3) is 0 Å². The minimum Gasteiger partial charge on any atom is -0.409 e. The van der Waals surface area contributed by atoms with Crippen molar-refractivity contribution in [3.8, 4) is 0 Å². The Balaban J connectivity index is 2.75. The maximum Gasteiger partial charge on any atom is 0.236 e. The lowest BCUT2D eigenvalue weighted by atomic mass is 9.61. The molecule has 0 aromatic heterocycles. The van der Waals surface area contributed by atoms with E-state index in [2.05, 4.69) is 5.16 Å². The van der Waals surface area contributed by atoms with Gasteiger partial charge >= 0.3 is 0 Å². The van der Waals surface area contributed by atoms with Gasteiger partial charge in [0, 0.05) is 20.2 Å². The van der Waals surface area contributed by atoms with Crippen molar-refractivity contribution >= 4 is 11.7 Å². The van der Waals surface area contributed by atoms with Gasteiger partial charge in [-0.2, -0.15) is 0 Å². The summed E-state index contributed by atoms with van der Waals surface area (Å²) >= 11 is 0. The summed E-state index contributed by atoms with van der Waals surface area (Å²) in [6.45, 7) is 2.55. The van der Waals surface area contributed by atoms with Gasteiger partial charge in [-0.3, -0.25) is 4.79 Å². The standard InChI is InChI=1S/C11H21N3O3/c1-8-6-11(7-8,9(12)13-17)10(16)14(2)4-3-5-15/h8,15,17H,3-7H2,1-2H3,(H2,12,13). The first kappa shape index (κ1) is 13.8. The molecule has 6 heteroatoms. The Bertz CT molecular complexity index is 311. The predicted molar refractivity (Wildman–Crippen MR) is 63.6 cm³/mol. The zero-order chi connectivity index (χ0) is 13.1. The Labute approximate surface area is 101 Å². The SMILES string of the molecule is CC1CC(C(=O)N(C)CCCO)(C(N)=NO)C1. The van der Waals surface area contributed by atoms with E-state index in [0.717, 1.165) is 0 Å². The third kappa shape index (κ3) is 2.52. The smallest absolute Gasteiger partial charge is 0.236 e. The van der Waals surface area contributed by atoms with Crippen LogP contribution in [0, 0.1) is 11.3 Å². The van der Waals surface area contributed by atoms with Crippen LogP contribution in [0.15, 0.2) is 5.16 Å². The second-order valence-electron chi connectivity index (χ2n) is 4.88. The summed E-state index contributed by atoms with van der Waals surface area (Å²) in [7, 11) is 1.67. The van der Waals surface area contributed by atoms with Gasteiger partial charge in [-0.15, -0.1) is 0 Å². The molecule has 0 spiro atoms. The molecule has 0 saturated heterocycles. The lowest BCUT2D eigenvalue weighted by Crippen LogP contribution is -2.57. The Hall–Kier alpha value is -1.30. The van der Waals surface area contributed by atoms with E-state index >= 15 is 0 Å². The summed E-state index contributed by atoms with van der Waals surface area (Å²) in [6.07, 6.45) is 1.76. The zero-order valence-corrected chi connectivity index (χ0v) is 10.4. The molecule has 1 aliphatic carbocycles. The number of nitrogens with two attached hydrogens (primary N) is 1. The van der Waals surface area contributed by atoms with Crippen LogP contribution in [-0.4, -0.2) is 47.2 Å². The second-order valence-corrected chi connectivity index (χ2v) is 4.88. The average Bonchev–Trinajstić information content (AvgIpc) is 2.29. The second kappa shape index (κ2) is 5.35. The number of aliphatic hydroxyl groups is 1. The number of amidine groups is 1. The van der Waals surface area contributed by atoms with Crippen molar-refractivity contribution in [2.75, 3.05) is 20.2 Å². The highest BCUT2D eigenvalue weighted by molar-refractivity contribution is 6.07. The van der Waals surface area contributed by atoms with Gasteiger partial charge in [-0.1, -0.05) is 12.1 Å². The molecular formula is C11H21N3O3. The quantitative estimate of drug-likeness (QED) is 0.274. The monoisotopic (exact) mass is 243 g/mol. The van der Waals surface area contributed by atoms with Crippen LogP contribution in [0.1, 0.15) is 26.2 Å². The largest absolute Gasteiger partial charge is 0.409 e. The van der Waals surface area contributed by atoms with Gasteiger partial charge < -0.3 is 20.9 Å². The highest BCUT2D eigenvalue weighted by Crippen LogP contribution is 2.46. The lowest BCUT2D eigenvalue weighted by Gasteiger charge is -2.45. The van der Waals surface area contributed by atoms with Crippen LogP contribution in [0.3, 0.4) is 0 Å². The molecule has 1 fully saturated rings. The molecule has 1 amide bonds. The first-order chi connectivity index (χ1) is 7.97. The molecular weight excluding hydrogens is 222 g/mol. The number of carbonyl (C=O) groups is 1. The highest BCUT2D eigenvalue weighted by Gasteiger charge is 2.53. The molecule has 0 radical (unpaired) electrons. The van der Waals surface area contributed by atoms with Crippen molar-refractivity contribution in [2.24, 2.45) is 22.2 Å². The van der Waals surface area contributed by atoms with Gasteiger partial charge in [0.05, 0.1) is 0 Å². The highest BCUT2D eigenvalue weighted by atomic mass is 16.4. The molecule has 1 saturated carbocycles. The van der Waals surface area contributed by atoms with E-state index in [0.29, 0.717) is 31.7 Å². The van der Waals surface area contributed by atoms with E-state index in [9.17, 15) is 4.79 Å². The van der Waals surface area contributed by atoms with Crippen molar-refractivity contribution in [3.05, 3.63) is 0 Å². The molecule has 1 rings (SSSR count). The molecule has 6 nitrogen and oxygen atoms in total. The third-order valence-corrected chi connectivity index (χ3v) is 3.40. The third-order valence-electron chi connectivity index (χ3n) is 3.40. The van der Waals surface area contributed by atoms with Gasteiger partial charge in [-0.25, -0.2) is 0 Å². The number of hydrogen-bond donors (Lipinski definition) is 3. The maximum absolute atomic E-state index is 12.3. The summed E-state index contributed by atoms with van der Waals surface area (Å²) in [6, 6.07) is 0. The molecule has 1 aliphatic rings. The maximum atomic E-state index is 12.3. The van der Waals surface area contributed by atoms with E-state index in [4.69, 9.17) is 16.0 Å². The Morgan fingerprint density at radius 3 is 2.59 bits per heavy atom. The first-order valence-electron chi connectivity index (χ1n) is 5.82. The molecule has 0 aliphatic heterocycles. The number of nitrogens with zero attached hydrogens (tertiary/aromatic N) is 2. The molecule has 0 atom stereocenters. The Kier molecular flexibility index (Phi) is 4.34. The zero-order valence-electron chi connectivity index (χ0n) is 10.4. The summed E-state index contributed by atoms with van der Waals surface area (Å²) in [4.78, 5) is 13.8. The summed E-state index contributed by atoms with van der Waals surface area (Å²) in [5.74, 6) is 0.279. The number of rotatable bonds is 5. The molecule has 4 N–H and O–H groups in total. The summed E-state index contributed by atoms with van der Waals surface area (Å²) < 4.78 is 0. The Morgan fingerprint density at radius 1 is 1.59 bits per heavy atom. The molecule has 17 heavy (non-hydrogen) atoms. The minimum absolute atomic E-state index is 0.00329. The van der Waals surface area contributed by atoms with Crippen LogP contribution < -0.4 is 5.73 Å². The fourth-order valence-corrected chi connectivity index (χ4v) is 2.49. The van der Waals surface area contributed by atoms with Crippen LogP contribution in [0.4, 0.5) is 0 Å². The average molecular weight is 243 g/mol. The van der Waals surface area contributed by atoms with Crippen LogP contribution >= 0.6 is 0 Å². The van der Waals surface area contributed by atoms with E-state index < -0.39 is 5.41 Å². The summed E-state index contributed by atoms with van der Waals surface area (Å²) in [5.41, 5.74) is 4.81. The topological polar surface area (TPSA) is 99.2 Å². The predicted octanol–water partition coefficient (Wildman–Crippen LogP) is -0.0101. The van der Waals surface area contributed by atoms with Crippen molar-refractivity contribution in [3.63, 3.8) is 0 Å². The first-order valence-corrected chi connectivity index (χ1v) is 5.82. The van der Waals surface area contributed by atoms with Crippen molar-refractivity contribution in [1.82, 2.24) is 4.90 Å². The number of carbonyl (C=O) groups excluding carboxylic acids is 1. The van der Waals surface area contributed by atoms with Crippen LogP contribution in [-0.2, 0) is 4.79 Å². The van der Waals surface area contributed by atoms with E-state index in [1.807, 2.05) is 6.92 Å². The molecule has 0 unspecified atom stereocenters. The number of aliphatic hydroxyl groups excluding tert-OH is 1. The van der Waals surface area contributed by atoms with Crippen LogP contribution in [0.2, 0.25) is 0 Å². The van der Waals surface area contributed by atoms with E-state index in [1.54, 1.807) is 11.9 Å². The van der Waals surface area contributed by atoms with Crippen LogP contribution in [0.5, 0.6) is 0 Å². The molecule has 0 aromatic carbocycles. The van der Waals surface area contributed by atoms with E-state index in [-0.39, 0.29) is 18.3 Å². The summed E-state index contributed by atoms with van der Waals surface area (Å²) in [5, 5.41) is 20.5. The fourth-order valence-electron chi connectivity index (χ4n) is 2.49. The number of oxime groups is 1. The number of hydrogen-bond acceptors (Lipinski definition) is 4. The minimum atomic E-state index is -0.835. The lowest BCUT2D eigenvalue weighted by molar-refractivity contribution is -0.143. The molecule has 0 bridgehead atoms. The van der Waals surface area contributed by atoms with Gasteiger partial charge in [0.25, 0.3) is 0 Å². The van der Waals surface area contributed by atoms with Gasteiger partial charge in [0.15, 0.2) is 5.84 Å². The normalized spacial score (nSPS) is 28.6. The molecule has 98 valence electrons. The van der Waals surface area contributed by atoms with Crippen molar-refractivity contribution < 1.29 is 15.1 Å². The molecule has 0 aromatic rings.